The predicted octanol–water partition coefficient (Wildman–Crippen LogP) is 1.67. The lowest BCUT2D eigenvalue weighted by Gasteiger charge is -2.44. The van der Waals surface area contributed by atoms with Gasteiger partial charge in [0.1, 0.15) is 11.2 Å². The molecule has 8 nitrogen and oxygen atoms in total. The number of aryl methyl sites for hydroxylation is 1. The van der Waals surface area contributed by atoms with Crippen LogP contribution < -0.4 is 5.32 Å². The third-order valence-electron chi connectivity index (χ3n) is 5.58. The minimum Gasteiger partial charge on any atom is -0.464 e. The van der Waals surface area contributed by atoms with E-state index in [0.29, 0.717) is 6.54 Å². The minimum atomic E-state index is -1.07. The molecule has 0 spiro atoms. The molecule has 1 N–H and O–H groups in total. The lowest BCUT2D eigenvalue weighted by atomic mass is 9.93. The molecule has 4 rings (SSSR count). The Labute approximate surface area is 168 Å². The van der Waals surface area contributed by atoms with Crippen LogP contribution in [0.1, 0.15) is 51.9 Å². The van der Waals surface area contributed by atoms with Gasteiger partial charge >= 0.3 is 5.97 Å². The lowest BCUT2D eigenvalue weighted by Crippen LogP contribution is -2.64. The molecule has 1 aromatic heterocycles. The van der Waals surface area contributed by atoms with Gasteiger partial charge in [0.2, 0.25) is 5.91 Å². The Morgan fingerprint density at radius 2 is 2.10 bits per heavy atom. The van der Waals surface area contributed by atoms with Crippen molar-refractivity contribution in [3.8, 4) is 0 Å². The van der Waals surface area contributed by atoms with Crippen molar-refractivity contribution in [3.63, 3.8) is 0 Å². The third kappa shape index (κ3) is 3.28. The number of benzene rings is 1. The van der Waals surface area contributed by atoms with Crippen molar-refractivity contribution >= 4 is 17.8 Å². The Morgan fingerprint density at radius 3 is 2.76 bits per heavy atom. The highest BCUT2D eigenvalue weighted by Crippen LogP contribution is 2.38. The van der Waals surface area contributed by atoms with E-state index >= 15 is 0 Å². The standard InChI is InChI=1S/C21H24N4O4/c1-13-5-4-6-14(9-13)10-22-20(28)21(2)11-24-12-23-16(19(27)29-3)17(24)18(26)25(21)15-7-8-15/h4-6,9,12,15H,7-8,10-11H2,1-3H3,(H,22,28). The van der Waals surface area contributed by atoms with Crippen LogP contribution in [0.15, 0.2) is 30.6 Å². The van der Waals surface area contributed by atoms with Crippen LogP contribution in [0.3, 0.4) is 0 Å². The first-order chi connectivity index (χ1) is 13.8. The van der Waals surface area contributed by atoms with Gasteiger partial charge in [-0.05, 0) is 32.3 Å². The largest absolute Gasteiger partial charge is 0.464 e. The van der Waals surface area contributed by atoms with E-state index in [1.807, 2.05) is 31.2 Å². The van der Waals surface area contributed by atoms with Crippen LogP contribution in [-0.2, 0) is 22.6 Å². The van der Waals surface area contributed by atoms with Gasteiger partial charge < -0.3 is 19.5 Å². The number of hydrogen-bond donors (Lipinski definition) is 1. The molecule has 1 saturated carbocycles. The highest BCUT2D eigenvalue weighted by Gasteiger charge is 2.53. The first-order valence-corrected chi connectivity index (χ1v) is 9.66. The van der Waals surface area contributed by atoms with Gasteiger partial charge in [-0.15, -0.1) is 0 Å². The van der Waals surface area contributed by atoms with Crippen LogP contribution in [0.25, 0.3) is 0 Å². The van der Waals surface area contributed by atoms with Gasteiger partial charge in [0.25, 0.3) is 5.91 Å². The Bertz CT molecular complexity index is 994. The number of aromatic nitrogens is 2. The summed E-state index contributed by atoms with van der Waals surface area (Å²) in [7, 11) is 1.25. The van der Waals surface area contributed by atoms with E-state index in [1.165, 1.54) is 13.4 Å². The van der Waals surface area contributed by atoms with Crippen molar-refractivity contribution in [2.75, 3.05) is 7.11 Å². The highest BCUT2D eigenvalue weighted by molar-refractivity contribution is 6.06. The maximum atomic E-state index is 13.3. The van der Waals surface area contributed by atoms with Crippen LogP contribution in [0.2, 0.25) is 0 Å². The van der Waals surface area contributed by atoms with Crippen LogP contribution >= 0.6 is 0 Å². The molecule has 8 heteroatoms. The zero-order chi connectivity index (χ0) is 20.8. The number of fused-ring (bicyclic) bond motifs is 1. The summed E-state index contributed by atoms with van der Waals surface area (Å²) in [5, 5.41) is 2.98. The average molecular weight is 396 g/mol. The van der Waals surface area contributed by atoms with Crippen molar-refractivity contribution in [2.24, 2.45) is 0 Å². The SMILES string of the molecule is COC(=O)c1ncn2c1C(=O)N(C1CC1)C(C)(C(=O)NCc1cccc(C)c1)C2. The zero-order valence-corrected chi connectivity index (χ0v) is 16.8. The number of ether oxygens (including phenoxy) is 1. The molecule has 2 aromatic rings. The number of carbonyl (C=O) groups is 3. The van der Waals surface area contributed by atoms with Gasteiger partial charge in [0.15, 0.2) is 5.69 Å². The second-order valence-electron chi connectivity index (χ2n) is 7.91. The number of nitrogens with one attached hydrogen (secondary N) is 1. The first-order valence-electron chi connectivity index (χ1n) is 9.66. The summed E-state index contributed by atoms with van der Waals surface area (Å²) in [6, 6.07) is 7.92. The van der Waals surface area contributed by atoms with Gasteiger partial charge in [0, 0.05) is 12.6 Å². The summed E-state index contributed by atoms with van der Waals surface area (Å²) >= 11 is 0. The van der Waals surface area contributed by atoms with Crippen molar-refractivity contribution in [1.29, 1.82) is 0 Å². The number of rotatable bonds is 5. The number of esters is 1. The number of methoxy groups -OCH3 is 1. The topological polar surface area (TPSA) is 93.5 Å². The highest BCUT2D eigenvalue weighted by atomic mass is 16.5. The van der Waals surface area contributed by atoms with E-state index < -0.39 is 11.5 Å². The maximum absolute atomic E-state index is 13.3. The van der Waals surface area contributed by atoms with Gasteiger partial charge in [-0.2, -0.15) is 0 Å². The van der Waals surface area contributed by atoms with E-state index in [4.69, 9.17) is 4.74 Å². The van der Waals surface area contributed by atoms with Gasteiger partial charge in [-0.3, -0.25) is 9.59 Å². The monoisotopic (exact) mass is 396 g/mol. The molecular weight excluding hydrogens is 372 g/mol. The van der Waals surface area contributed by atoms with Gasteiger partial charge in [-0.25, -0.2) is 9.78 Å². The van der Waals surface area contributed by atoms with Crippen molar-refractivity contribution in [1.82, 2.24) is 19.8 Å². The fraction of sp³-hybridized carbons (Fsp3) is 0.429. The quantitative estimate of drug-likeness (QED) is 0.776. The summed E-state index contributed by atoms with van der Waals surface area (Å²) in [5.41, 5.74) is 1.23. The molecule has 0 bridgehead atoms. The van der Waals surface area contributed by atoms with Crippen LogP contribution in [0.4, 0.5) is 0 Å². The van der Waals surface area contributed by atoms with E-state index in [0.717, 1.165) is 24.0 Å². The Hall–Kier alpha value is -3.16. The average Bonchev–Trinajstić information content (AvgIpc) is 3.43. The number of nitrogens with zero attached hydrogens (tertiary/aromatic N) is 3. The zero-order valence-electron chi connectivity index (χ0n) is 16.8. The predicted molar refractivity (Wildman–Crippen MR) is 104 cm³/mol. The molecule has 1 fully saturated rings. The summed E-state index contributed by atoms with van der Waals surface area (Å²) in [5.74, 6) is -1.24. The Balaban J connectivity index is 1.63. The van der Waals surface area contributed by atoms with E-state index in [2.05, 4.69) is 10.3 Å². The fourth-order valence-electron chi connectivity index (χ4n) is 4.00. The molecule has 29 heavy (non-hydrogen) atoms. The van der Waals surface area contributed by atoms with E-state index in [1.54, 1.807) is 16.4 Å². The van der Waals surface area contributed by atoms with Crippen molar-refractivity contribution in [3.05, 3.63) is 53.1 Å². The molecule has 2 aliphatic rings. The summed E-state index contributed by atoms with van der Waals surface area (Å²) in [6.07, 6.45) is 3.11. The second-order valence-corrected chi connectivity index (χ2v) is 7.91. The third-order valence-corrected chi connectivity index (χ3v) is 5.58. The molecule has 1 aromatic carbocycles. The summed E-state index contributed by atoms with van der Waals surface area (Å²) < 4.78 is 6.34. The normalized spacial score (nSPS) is 20.9. The molecule has 1 aliphatic carbocycles. The maximum Gasteiger partial charge on any atom is 0.359 e. The molecular formula is C21H24N4O4. The molecule has 152 valence electrons. The molecule has 1 unspecified atom stereocenters. The van der Waals surface area contributed by atoms with Gasteiger partial charge in [-0.1, -0.05) is 29.8 Å². The smallest absolute Gasteiger partial charge is 0.359 e. The molecule has 0 radical (unpaired) electrons. The molecule has 1 aliphatic heterocycles. The van der Waals surface area contributed by atoms with E-state index in [-0.39, 0.29) is 35.8 Å². The van der Waals surface area contributed by atoms with Crippen molar-refractivity contribution < 1.29 is 19.1 Å². The molecule has 2 heterocycles. The van der Waals surface area contributed by atoms with Crippen LogP contribution in [0.5, 0.6) is 0 Å². The fourth-order valence-corrected chi connectivity index (χ4v) is 4.00. The number of amides is 2. The summed E-state index contributed by atoms with van der Waals surface area (Å²) in [6.45, 7) is 4.39. The summed E-state index contributed by atoms with van der Waals surface area (Å²) in [4.78, 5) is 44.3. The number of imidazole rings is 1. The molecule has 1 atom stereocenters. The van der Waals surface area contributed by atoms with Crippen LogP contribution in [-0.4, -0.2) is 50.9 Å². The minimum absolute atomic E-state index is 0.00799. The van der Waals surface area contributed by atoms with E-state index in [9.17, 15) is 14.4 Å². The molecule has 0 saturated heterocycles. The Morgan fingerprint density at radius 1 is 1.34 bits per heavy atom. The Kier molecular flexibility index (Phi) is 4.64. The van der Waals surface area contributed by atoms with Gasteiger partial charge in [0.05, 0.1) is 20.0 Å². The molecule has 2 amide bonds. The second kappa shape index (κ2) is 7.02. The van der Waals surface area contributed by atoms with Crippen LogP contribution in [0, 0.1) is 6.92 Å². The number of carbonyl (C=O) groups excluding carboxylic acids is 3. The van der Waals surface area contributed by atoms with Crippen molar-refractivity contribution in [2.45, 2.75) is 51.4 Å². The lowest BCUT2D eigenvalue weighted by molar-refractivity contribution is -0.133. The number of hydrogen-bond acceptors (Lipinski definition) is 5. The first kappa shape index (κ1) is 19.2.